The minimum Gasteiger partial charge on any atom is -0.371 e. The van der Waals surface area contributed by atoms with E-state index in [2.05, 4.69) is 0 Å². The fourth-order valence-corrected chi connectivity index (χ4v) is 2.48. The molecule has 19 heavy (non-hydrogen) atoms. The van der Waals surface area contributed by atoms with E-state index in [1.807, 2.05) is 4.90 Å². The monoisotopic (exact) mass is 288 g/mol. The predicted molar refractivity (Wildman–Crippen MR) is 76.6 cm³/mol. The van der Waals surface area contributed by atoms with Crippen LogP contribution < -0.4 is 10.6 Å². The van der Waals surface area contributed by atoms with Gasteiger partial charge in [0.25, 0.3) is 0 Å². The molecular formula is C13H21FN2O2S. The van der Waals surface area contributed by atoms with Gasteiger partial charge in [0, 0.05) is 25.0 Å². The van der Waals surface area contributed by atoms with Crippen LogP contribution in [-0.2, 0) is 9.84 Å². The third-order valence-corrected chi connectivity index (χ3v) is 3.80. The van der Waals surface area contributed by atoms with Crippen LogP contribution in [0.3, 0.4) is 0 Å². The molecule has 0 spiro atoms. The Hall–Kier alpha value is -1.14. The van der Waals surface area contributed by atoms with Gasteiger partial charge in [-0.05, 0) is 43.7 Å². The largest absolute Gasteiger partial charge is 0.371 e. The van der Waals surface area contributed by atoms with Crippen molar-refractivity contribution < 1.29 is 12.8 Å². The lowest BCUT2D eigenvalue weighted by Gasteiger charge is -2.24. The summed E-state index contributed by atoms with van der Waals surface area (Å²) in [5.74, 6) is -0.119. The summed E-state index contributed by atoms with van der Waals surface area (Å²) in [5, 5.41) is 0. The summed E-state index contributed by atoms with van der Waals surface area (Å²) in [6.45, 7) is 1.94. The van der Waals surface area contributed by atoms with Gasteiger partial charge in [-0.3, -0.25) is 0 Å². The Bertz CT molecular complexity index is 474. The minimum atomic E-state index is -2.94. The molecule has 108 valence electrons. The zero-order valence-corrected chi connectivity index (χ0v) is 12.0. The SMILES string of the molecule is CS(=O)(=O)CCCN(CCCN)c1ccc(F)cc1. The van der Waals surface area contributed by atoms with E-state index >= 15 is 0 Å². The van der Waals surface area contributed by atoms with Gasteiger partial charge in [-0.15, -0.1) is 0 Å². The number of nitrogens with two attached hydrogens (primary N) is 1. The molecular weight excluding hydrogens is 267 g/mol. The molecule has 0 aliphatic carbocycles. The Balaban J connectivity index is 2.63. The van der Waals surface area contributed by atoms with Crippen molar-refractivity contribution in [2.75, 3.05) is 36.5 Å². The summed E-state index contributed by atoms with van der Waals surface area (Å²) in [6.07, 6.45) is 2.60. The fraction of sp³-hybridized carbons (Fsp3) is 0.538. The van der Waals surface area contributed by atoms with E-state index in [4.69, 9.17) is 5.73 Å². The summed E-state index contributed by atoms with van der Waals surface area (Å²) in [7, 11) is -2.94. The maximum atomic E-state index is 12.9. The number of nitrogens with zero attached hydrogens (tertiary/aromatic N) is 1. The minimum absolute atomic E-state index is 0.160. The van der Waals surface area contributed by atoms with E-state index < -0.39 is 9.84 Å². The van der Waals surface area contributed by atoms with Crippen LogP contribution in [0.2, 0.25) is 0 Å². The molecule has 0 aliphatic heterocycles. The predicted octanol–water partition coefficient (Wildman–Crippen LogP) is 1.42. The van der Waals surface area contributed by atoms with E-state index in [0.29, 0.717) is 19.5 Å². The van der Waals surface area contributed by atoms with Crippen molar-refractivity contribution in [2.45, 2.75) is 12.8 Å². The Morgan fingerprint density at radius 3 is 2.26 bits per heavy atom. The first-order valence-electron chi connectivity index (χ1n) is 6.30. The Morgan fingerprint density at radius 1 is 1.16 bits per heavy atom. The van der Waals surface area contributed by atoms with Crippen molar-refractivity contribution in [1.29, 1.82) is 0 Å². The summed E-state index contributed by atoms with van der Waals surface area (Å²) in [5.41, 5.74) is 6.39. The molecule has 0 aliphatic rings. The zero-order chi connectivity index (χ0) is 14.3. The lowest BCUT2D eigenvalue weighted by atomic mass is 10.2. The maximum Gasteiger partial charge on any atom is 0.147 e. The molecule has 0 bridgehead atoms. The summed E-state index contributed by atoms with van der Waals surface area (Å²) < 4.78 is 35.1. The number of hydrogen-bond acceptors (Lipinski definition) is 4. The molecule has 0 fully saturated rings. The van der Waals surface area contributed by atoms with E-state index in [9.17, 15) is 12.8 Å². The number of anilines is 1. The molecule has 0 saturated heterocycles. The second kappa shape index (κ2) is 7.45. The average molecular weight is 288 g/mol. The average Bonchev–Trinajstić information content (AvgIpc) is 2.33. The summed E-state index contributed by atoms with van der Waals surface area (Å²) >= 11 is 0. The smallest absolute Gasteiger partial charge is 0.147 e. The van der Waals surface area contributed by atoms with Gasteiger partial charge in [0.05, 0.1) is 5.75 Å². The maximum absolute atomic E-state index is 12.9. The van der Waals surface area contributed by atoms with Gasteiger partial charge >= 0.3 is 0 Å². The highest BCUT2D eigenvalue weighted by Gasteiger charge is 2.08. The highest BCUT2D eigenvalue weighted by molar-refractivity contribution is 7.90. The van der Waals surface area contributed by atoms with Gasteiger partial charge in [-0.1, -0.05) is 0 Å². The third kappa shape index (κ3) is 6.54. The van der Waals surface area contributed by atoms with Crippen molar-refractivity contribution in [3.05, 3.63) is 30.1 Å². The number of rotatable bonds is 8. The molecule has 2 N–H and O–H groups in total. The van der Waals surface area contributed by atoms with Crippen LogP contribution in [0.25, 0.3) is 0 Å². The van der Waals surface area contributed by atoms with Crippen LogP contribution in [0.4, 0.5) is 10.1 Å². The van der Waals surface area contributed by atoms with Crippen molar-refractivity contribution in [1.82, 2.24) is 0 Å². The Kier molecular flexibility index (Phi) is 6.24. The molecule has 0 aromatic heterocycles. The first-order valence-corrected chi connectivity index (χ1v) is 8.37. The van der Waals surface area contributed by atoms with Gasteiger partial charge in [0.15, 0.2) is 0 Å². The quantitative estimate of drug-likeness (QED) is 0.785. The zero-order valence-electron chi connectivity index (χ0n) is 11.2. The first kappa shape index (κ1) is 15.9. The van der Waals surface area contributed by atoms with Crippen LogP contribution in [0.15, 0.2) is 24.3 Å². The van der Waals surface area contributed by atoms with Crippen LogP contribution in [0, 0.1) is 5.82 Å². The van der Waals surface area contributed by atoms with Crippen molar-refractivity contribution >= 4 is 15.5 Å². The summed E-state index contributed by atoms with van der Waals surface area (Å²) in [6, 6.07) is 6.21. The molecule has 0 unspecified atom stereocenters. The fourth-order valence-electron chi connectivity index (χ4n) is 1.82. The first-order chi connectivity index (χ1) is 8.92. The second-order valence-corrected chi connectivity index (χ2v) is 6.85. The highest BCUT2D eigenvalue weighted by atomic mass is 32.2. The number of halogens is 1. The molecule has 4 nitrogen and oxygen atoms in total. The number of benzene rings is 1. The van der Waals surface area contributed by atoms with Crippen molar-refractivity contribution in [3.63, 3.8) is 0 Å². The molecule has 1 rings (SSSR count). The van der Waals surface area contributed by atoms with Crippen LogP contribution in [0.5, 0.6) is 0 Å². The molecule has 0 radical (unpaired) electrons. The van der Waals surface area contributed by atoms with Gasteiger partial charge in [-0.25, -0.2) is 12.8 Å². The summed E-state index contributed by atoms with van der Waals surface area (Å²) in [4.78, 5) is 2.04. The molecule has 6 heteroatoms. The van der Waals surface area contributed by atoms with Gasteiger partial charge in [-0.2, -0.15) is 0 Å². The second-order valence-electron chi connectivity index (χ2n) is 4.59. The molecule has 1 aromatic rings. The lowest BCUT2D eigenvalue weighted by Crippen LogP contribution is -2.28. The Morgan fingerprint density at radius 2 is 1.74 bits per heavy atom. The lowest BCUT2D eigenvalue weighted by molar-refractivity contribution is 0.598. The topological polar surface area (TPSA) is 63.4 Å². The van der Waals surface area contributed by atoms with Crippen LogP contribution in [-0.4, -0.2) is 40.1 Å². The Labute approximate surface area is 114 Å². The molecule has 0 heterocycles. The molecule has 0 saturated carbocycles. The normalized spacial score (nSPS) is 11.5. The van der Waals surface area contributed by atoms with Crippen molar-refractivity contribution in [2.24, 2.45) is 5.73 Å². The van der Waals surface area contributed by atoms with E-state index in [0.717, 1.165) is 18.7 Å². The van der Waals surface area contributed by atoms with Gasteiger partial charge in [0.2, 0.25) is 0 Å². The molecule has 1 aromatic carbocycles. The van der Waals surface area contributed by atoms with E-state index in [1.54, 1.807) is 12.1 Å². The van der Waals surface area contributed by atoms with Crippen LogP contribution in [0.1, 0.15) is 12.8 Å². The number of hydrogen-bond donors (Lipinski definition) is 1. The van der Waals surface area contributed by atoms with Crippen molar-refractivity contribution in [3.8, 4) is 0 Å². The molecule has 0 amide bonds. The van der Waals surface area contributed by atoms with Crippen LogP contribution >= 0.6 is 0 Å². The standard InChI is InChI=1S/C13H21FN2O2S/c1-19(17,18)11-3-10-16(9-2-8-15)13-6-4-12(14)5-7-13/h4-7H,2-3,8-11,15H2,1H3. The van der Waals surface area contributed by atoms with Gasteiger partial charge < -0.3 is 10.6 Å². The van der Waals surface area contributed by atoms with Gasteiger partial charge in [0.1, 0.15) is 15.7 Å². The molecule has 0 atom stereocenters. The number of sulfone groups is 1. The van der Waals surface area contributed by atoms with E-state index in [1.165, 1.54) is 18.4 Å². The van der Waals surface area contributed by atoms with E-state index in [-0.39, 0.29) is 11.6 Å². The third-order valence-electron chi connectivity index (χ3n) is 2.77. The highest BCUT2D eigenvalue weighted by Crippen LogP contribution is 2.15.